The monoisotopic (exact) mass is 343 g/mol. The van der Waals surface area contributed by atoms with Crippen molar-refractivity contribution in [2.24, 2.45) is 0 Å². The van der Waals surface area contributed by atoms with Gasteiger partial charge in [-0.15, -0.1) is 0 Å². The fourth-order valence-electron chi connectivity index (χ4n) is 2.60. The SMILES string of the molecule is C[C@@H]1CCC[C@H](C)N1C(=O)c1ccccc1I. The molecule has 1 heterocycles. The van der Waals surface area contributed by atoms with Gasteiger partial charge in [-0.05, 0) is 67.8 Å². The molecule has 0 aromatic heterocycles. The summed E-state index contributed by atoms with van der Waals surface area (Å²) in [5, 5.41) is 0. The zero-order valence-corrected chi connectivity index (χ0v) is 12.5. The predicted molar refractivity (Wildman–Crippen MR) is 78.1 cm³/mol. The lowest BCUT2D eigenvalue weighted by molar-refractivity contribution is 0.0509. The molecular formula is C14H18INO. The van der Waals surface area contributed by atoms with Crippen molar-refractivity contribution in [1.29, 1.82) is 0 Å². The normalized spacial score (nSPS) is 24.8. The van der Waals surface area contributed by atoms with E-state index in [1.54, 1.807) is 0 Å². The van der Waals surface area contributed by atoms with Gasteiger partial charge in [0.1, 0.15) is 0 Å². The van der Waals surface area contributed by atoms with Crippen molar-refractivity contribution in [2.75, 3.05) is 0 Å². The van der Waals surface area contributed by atoms with Crippen LogP contribution < -0.4 is 0 Å². The molecule has 2 nitrogen and oxygen atoms in total. The molecule has 0 unspecified atom stereocenters. The second-order valence-corrected chi connectivity index (χ2v) is 5.98. The number of piperidine rings is 1. The van der Waals surface area contributed by atoms with Gasteiger partial charge < -0.3 is 4.90 Å². The van der Waals surface area contributed by atoms with Crippen LogP contribution in [0.5, 0.6) is 0 Å². The largest absolute Gasteiger partial charge is 0.333 e. The summed E-state index contributed by atoms with van der Waals surface area (Å²) in [6, 6.07) is 8.56. The highest BCUT2D eigenvalue weighted by atomic mass is 127. The molecule has 0 N–H and O–H groups in total. The number of amides is 1. The van der Waals surface area contributed by atoms with E-state index < -0.39 is 0 Å². The summed E-state index contributed by atoms with van der Waals surface area (Å²) in [5.74, 6) is 0.190. The first-order valence-electron chi connectivity index (χ1n) is 6.18. The molecule has 17 heavy (non-hydrogen) atoms. The Labute approximate surface area is 117 Å². The highest BCUT2D eigenvalue weighted by Crippen LogP contribution is 2.25. The quantitative estimate of drug-likeness (QED) is 0.712. The second-order valence-electron chi connectivity index (χ2n) is 4.82. The van der Waals surface area contributed by atoms with Gasteiger partial charge in [-0.25, -0.2) is 0 Å². The number of carbonyl (C=O) groups is 1. The number of nitrogens with zero attached hydrogens (tertiary/aromatic N) is 1. The van der Waals surface area contributed by atoms with Crippen molar-refractivity contribution >= 4 is 28.5 Å². The molecule has 2 atom stereocenters. The summed E-state index contributed by atoms with van der Waals surface area (Å²) in [6.45, 7) is 4.31. The Balaban J connectivity index is 2.27. The van der Waals surface area contributed by atoms with Crippen LogP contribution in [-0.4, -0.2) is 22.9 Å². The summed E-state index contributed by atoms with van der Waals surface area (Å²) in [5.41, 5.74) is 0.841. The van der Waals surface area contributed by atoms with Crippen LogP contribution in [0, 0.1) is 3.57 Å². The molecule has 0 radical (unpaired) electrons. The van der Waals surface area contributed by atoms with Gasteiger partial charge in [0.2, 0.25) is 0 Å². The number of likely N-dealkylation sites (tertiary alicyclic amines) is 1. The van der Waals surface area contributed by atoms with E-state index in [2.05, 4.69) is 41.3 Å². The summed E-state index contributed by atoms with van der Waals surface area (Å²) in [7, 11) is 0. The van der Waals surface area contributed by atoms with Gasteiger partial charge in [-0.1, -0.05) is 12.1 Å². The molecule has 1 saturated heterocycles. The van der Waals surface area contributed by atoms with Gasteiger partial charge in [0, 0.05) is 15.7 Å². The van der Waals surface area contributed by atoms with Gasteiger partial charge in [-0.2, -0.15) is 0 Å². The van der Waals surface area contributed by atoms with Crippen LogP contribution >= 0.6 is 22.6 Å². The molecule has 1 aliphatic heterocycles. The molecule has 0 bridgehead atoms. The molecule has 3 heteroatoms. The Hall–Kier alpha value is -0.580. The molecule has 2 rings (SSSR count). The lowest BCUT2D eigenvalue weighted by Gasteiger charge is -2.39. The topological polar surface area (TPSA) is 20.3 Å². The maximum Gasteiger partial charge on any atom is 0.255 e. The molecule has 1 aliphatic rings. The Morgan fingerprint density at radius 3 is 2.41 bits per heavy atom. The fraction of sp³-hybridized carbons (Fsp3) is 0.500. The molecule has 0 aliphatic carbocycles. The Morgan fingerprint density at radius 1 is 1.24 bits per heavy atom. The highest BCUT2D eigenvalue weighted by molar-refractivity contribution is 14.1. The first kappa shape index (κ1) is 12.9. The van der Waals surface area contributed by atoms with Crippen LogP contribution in [0.25, 0.3) is 0 Å². The standard InChI is InChI=1S/C14H18INO/c1-10-6-5-7-11(2)16(10)14(17)12-8-3-4-9-13(12)15/h3-4,8-11H,5-7H2,1-2H3/t10-,11+. The van der Waals surface area contributed by atoms with Crippen LogP contribution in [-0.2, 0) is 0 Å². The molecule has 1 amide bonds. The number of hydrogen-bond acceptors (Lipinski definition) is 1. The van der Waals surface area contributed by atoms with E-state index in [0.717, 1.165) is 22.0 Å². The molecule has 1 aromatic carbocycles. The van der Waals surface area contributed by atoms with Crippen molar-refractivity contribution in [2.45, 2.75) is 45.2 Å². The minimum Gasteiger partial charge on any atom is -0.333 e. The lowest BCUT2D eigenvalue weighted by Crippen LogP contribution is -2.47. The zero-order chi connectivity index (χ0) is 12.4. The molecule has 1 aromatic rings. The van der Waals surface area contributed by atoms with Crippen molar-refractivity contribution in [3.05, 3.63) is 33.4 Å². The van der Waals surface area contributed by atoms with E-state index in [-0.39, 0.29) is 5.91 Å². The number of hydrogen-bond donors (Lipinski definition) is 0. The first-order chi connectivity index (χ1) is 8.11. The minimum absolute atomic E-state index is 0.190. The summed E-state index contributed by atoms with van der Waals surface area (Å²) in [4.78, 5) is 14.6. The van der Waals surface area contributed by atoms with Crippen molar-refractivity contribution in [3.63, 3.8) is 0 Å². The molecule has 0 saturated carbocycles. The van der Waals surface area contributed by atoms with E-state index in [1.165, 1.54) is 6.42 Å². The number of carbonyl (C=O) groups excluding carboxylic acids is 1. The fourth-order valence-corrected chi connectivity index (χ4v) is 3.21. The van der Waals surface area contributed by atoms with Crippen LogP contribution in [0.3, 0.4) is 0 Å². The van der Waals surface area contributed by atoms with Gasteiger partial charge in [-0.3, -0.25) is 4.79 Å². The Morgan fingerprint density at radius 2 is 1.82 bits per heavy atom. The van der Waals surface area contributed by atoms with Gasteiger partial charge in [0.25, 0.3) is 5.91 Å². The van der Waals surface area contributed by atoms with E-state index in [0.29, 0.717) is 12.1 Å². The first-order valence-corrected chi connectivity index (χ1v) is 7.26. The predicted octanol–water partition coefficient (Wildman–Crippen LogP) is 3.69. The highest BCUT2D eigenvalue weighted by Gasteiger charge is 2.30. The van der Waals surface area contributed by atoms with Crippen LogP contribution in [0.1, 0.15) is 43.5 Å². The van der Waals surface area contributed by atoms with E-state index >= 15 is 0 Å². The summed E-state index contributed by atoms with van der Waals surface area (Å²) < 4.78 is 1.04. The Kier molecular flexibility index (Phi) is 4.07. The van der Waals surface area contributed by atoms with E-state index in [1.807, 2.05) is 24.3 Å². The van der Waals surface area contributed by atoms with Crippen molar-refractivity contribution < 1.29 is 4.79 Å². The maximum atomic E-state index is 12.6. The third-order valence-corrected chi connectivity index (χ3v) is 4.47. The zero-order valence-electron chi connectivity index (χ0n) is 10.3. The smallest absolute Gasteiger partial charge is 0.255 e. The van der Waals surface area contributed by atoms with Crippen LogP contribution in [0.2, 0.25) is 0 Å². The summed E-state index contributed by atoms with van der Waals surface area (Å²) in [6.07, 6.45) is 3.48. The van der Waals surface area contributed by atoms with E-state index in [9.17, 15) is 4.79 Å². The van der Waals surface area contributed by atoms with Gasteiger partial charge >= 0.3 is 0 Å². The number of benzene rings is 1. The van der Waals surface area contributed by atoms with Gasteiger partial charge in [0.05, 0.1) is 5.56 Å². The third-order valence-electron chi connectivity index (χ3n) is 3.53. The third kappa shape index (κ3) is 2.64. The summed E-state index contributed by atoms with van der Waals surface area (Å²) >= 11 is 2.24. The van der Waals surface area contributed by atoms with Crippen LogP contribution in [0.15, 0.2) is 24.3 Å². The van der Waals surface area contributed by atoms with E-state index in [4.69, 9.17) is 0 Å². The molecular weight excluding hydrogens is 325 g/mol. The van der Waals surface area contributed by atoms with Crippen molar-refractivity contribution in [3.8, 4) is 0 Å². The average Bonchev–Trinajstić information content (AvgIpc) is 2.29. The molecule has 92 valence electrons. The van der Waals surface area contributed by atoms with Gasteiger partial charge in [0.15, 0.2) is 0 Å². The maximum absolute atomic E-state index is 12.6. The average molecular weight is 343 g/mol. The molecule has 0 spiro atoms. The lowest BCUT2D eigenvalue weighted by atomic mass is 9.96. The second kappa shape index (κ2) is 5.38. The number of halogens is 1. The molecule has 1 fully saturated rings. The Bertz CT molecular complexity index is 408. The van der Waals surface area contributed by atoms with Crippen molar-refractivity contribution in [1.82, 2.24) is 4.90 Å². The van der Waals surface area contributed by atoms with Crippen LogP contribution in [0.4, 0.5) is 0 Å². The minimum atomic E-state index is 0.190. The number of rotatable bonds is 1.